The molecule has 0 atom stereocenters. The predicted octanol–water partition coefficient (Wildman–Crippen LogP) is 4.46. The van der Waals surface area contributed by atoms with Gasteiger partial charge in [0.1, 0.15) is 0 Å². The van der Waals surface area contributed by atoms with Crippen LogP contribution in [0.3, 0.4) is 0 Å². The van der Waals surface area contributed by atoms with Gasteiger partial charge < -0.3 is 19.1 Å². The molecule has 2 N–H and O–H groups in total. The van der Waals surface area contributed by atoms with Crippen LogP contribution in [0.15, 0.2) is 86.9 Å². The summed E-state index contributed by atoms with van der Waals surface area (Å²) in [4.78, 5) is 27.4. The lowest BCUT2D eigenvalue weighted by Gasteiger charge is -2.38. The van der Waals surface area contributed by atoms with Crippen LogP contribution in [0.4, 0.5) is 5.69 Å². The molecule has 1 aromatic heterocycles. The molecule has 1 aliphatic rings. The number of likely N-dealkylation sites (tertiary alicyclic amines) is 1. The molecule has 0 aliphatic carbocycles. The van der Waals surface area contributed by atoms with Crippen LogP contribution in [0.1, 0.15) is 28.8 Å². The quantitative estimate of drug-likeness (QED) is 0.389. The Bertz CT molecular complexity index is 1390. The van der Waals surface area contributed by atoms with Crippen LogP contribution in [0.5, 0.6) is 0 Å². The highest BCUT2D eigenvalue weighted by atomic mass is 32.2. The van der Waals surface area contributed by atoms with Crippen LogP contribution in [-0.4, -0.2) is 39.2 Å². The minimum Gasteiger partial charge on any atom is -0.408 e. The predicted molar refractivity (Wildman–Crippen MR) is 138 cm³/mol. The van der Waals surface area contributed by atoms with Gasteiger partial charge in [0.05, 0.1) is 11.1 Å². The molecule has 35 heavy (non-hydrogen) atoms. The van der Waals surface area contributed by atoms with Crippen molar-refractivity contribution in [2.24, 2.45) is 7.05 Å². The highest BCUT2D eigenvalue weighted by Crippen LogP contribution is 2.28. The van der Waals surface area contributed by atoms with Gasteiger partial charge in [-0.3, -0.25) is 9.36 Å². The van der Waals surface area contributed by atoms with E-state index in [1.807, 2.05) is 77.7 Å². The molecule has 0 radical (unpaired) electrons. The zero-order valence-electron chi connectivity index (χ0n) is 19.4. The molecular weight excluding hydrogens is 462 g/mol. The third-order valence-corrected chi connectivity index (χ3v) is 7.37. The number of carbonyl (C=O) groups is 1. The minimum absolute atomic E-state index is 0.0180. The molecule has 0 bridgehead atoms. The van der Waals surface area contributed by atoms with E-state index in [1.54, 1.807) is 7.05 Å². The summed E-state index contributed by atoms with van der Waals surface area (Å²) in [5, 5.41) is 11.0. The maximum atomic E-state index is 13.0. The Morgan fingerprint density at radius 1 is 1.06 bits per heavy atom. The van der Waals surface area contributed by atoms with Crippen molar-refractivity contribution in [2.45, 2.75) is 29.8 Å². The van der Waals surface area contributed by atoms with E-state index < -0.39 is 5.60 Å². The van der Waals surface area contributed by atoms with Gasteiger partial charge >= 0.3 is 5.76 Å². The first kappa shape index (κ1) is 23.3. The lowest BCUT2D eigenvalue weighted by molar-refractivity contribution is -0.0162. The molecule has 0 saturated carbocycles. The van der Waals surface area contributed by atoms with Crippen LogP contribution in [0.2, 0.25) is 0 Å². The number of carbonyl (C=O) groups excluding carboxylic acids is 1. The lowest BCUT2D eigenvalue weighted by atomic mass is 9.85. The number of piperidine rings is 1. The number of aromatic nitrogens is 1. The highest BCUT2D eigenvalue weighted by molar-refractivity contribution is 8.00. The first-order chi connectivity index (χ1) is 16.9. The molecule has 1 fully saturated rings. The summed E-state index contributed by atoms with van der Waals surface area (Å²) in [5.41, 5.74) is 3.12. The summed E-state index contributed by atoms with van der Waals surface area (Å²) in [7, 11) is 1.68. The van der Waals surface area contributed by atoms with E-state index in [0.29, 0.717) is 43.5 Å². The van der Waals surface area contributed by atoms with Crippen LogP contribution in [0.25, 0.3) is 11.1 Å². The average Bonchev–Trinajstić information content (AvgIpc) is 3.16. The van der Waals surface area contributed by atoms with Crippen LogP contribution in [0, 0.1) is 0 Å². The number of nitrogens with one attached hydrogen (secondary N) is 1. The fraction of sp³-hybridized carbons (Fsp3) is 0.259. The van der Waals surface area contributed by atoms with Crippen molar-refractivity contribution in [3.05, 3.63) is 94.5 Å². The number of hydrogen-bond donors (Lipinski definition) is 2. The zero-order chi connectivity index (χ0) is 24.4. The Labute approximate surface area is 207 Å². The summed E-state index contributed by atoms with van der Waals surface area (Å²) in [6.07, 6.45) is 1.74. The van der Waals surface area contributed by atoms with Crippen molar-refractivity contribution < 1.29 is 14.3 Å². The van der Waals surface area contributed by atoms with Gasteiger partial charge in [-0.1, -0.05) is 30.3 Å². The number of aliphatic hydroxyl groups is 1. The Morgan fingerprint density at radius 2 is 1.77 bits per heavy atom. The van der Waals surface area contributed by atoms with Crippen LogP contribution < -0.4 is 10.5 Å². The number of oxazole rings is 1. The molecule has 1 amide bonds. The van der Waals surface area contributed by atoms with Crippen LogP contribution >= 0.6 is 11.9 Å². The third-order valence-electron chi connectivity index (χ3n) is 6.54. The number of anilines is 1. The van der Waals surface area contributed by atoms with Crippen molar-refractivity contribution in [1.82, 2.24) is 9.47 Å². The molecule has 4 aromatic rings. The Morgan fingerprint density at radius 3 is 2.49 bits per heavy atom. The summed E-state index contributed by atoms with van der Waals surface area (Å²) < 4.78 is 9.97. The van der Waals surface area contributed by atoms with E-state index in [9.17, 15) is 14.7 Å². The first-order valence-electron chi connectivity index (χ1n) is 11.6. The molecule has 2 heterocycles. The van der Waals surface area contributed by atoms with Gasteiger partial charge in [-0.25, -0.2) is 4.79 Å². The molecular formula is C27H27N3O4S. The van der Waals surface area contributed by atoms with E-state index in [1.165, 1.54) is 16.5 Å². The van der Waals surface area contributed by atoms with Gasteiger partial charge in [0.2, 0.25) is 0 Å². The number of aryl methyl sites for hydroxylation is 1. The van der Waals surface area contributed by atoms with Gasteiger partial charge in [-0.2, -0.15) is 0 Å². The second-order valence-corrected chi connectivity index (χ2v) is 9.90. The number of nitrogens with zero attached hydrogens (tertiary/aromatic N) is 2. The molecule has 1 saturated heterocycles. The van der Waals surface area contributed by atoms with Gasteiger partial charge in [0.25, 0.3) is 5.91 Å². The fourth-order valence-corrected chi connectivity index (χ4v) is 5.11. The first-order valence-corrected chi connectivity index (χ1v) is 12.4. The monoisotopic (exact) mass is 489 g/mol. The molecule has 3 aromatic carbocycles. The van der Waals surface area contributed by atoms with Crippen molar-refractivity contribution in [3.63, 3.8) is 0 Å². The summed E-state index contributed by atoms with van der Waals surface area (Å²) in [6, 6.07) is 23.0. The summed E-state index contributed by atoms with van der Waals surface area (Å²) in [5.74, 6) is -0.402. The van der Waals surface area contributed by atoms with E-state index in [-0.39, 0.29) is 11.7 Å². The summed E-state index contributed by atoms with van der Waals surface area (Å²) in [6.45, 7) is 1.08. The maximum Gasteiger partial charge on any atom is 0.419 e. The Kier molecular flexibility index (Phi) is 6.40. The van der Waals surface area contributed by atoms with Gasteiger partial charge in [0, 0.05) is 42.7 Å². The number of fused-ring (bicyclic) bond motifs is 1. The normalized spacial score (nSPS) is 15.3. The highest BCUT2D eigenvalue weighted by Gasteiger charge is 2.34. The van der Waals surface area contributed by atoms with E-state index in [4.69, 9.17) is 4.42 Å². The molecule has 180 valence electrons. The maximum absolute atomic E-state index is 13.0. The van der Waals surface area contributed by atoms with Crippen molar-refractivity contribution in [1.29, 1.82) is 0 Å². The molecule has 0 unspecified atom stereocenters. The van der Waals surface area contributed by atoms with Crippen molar-refractivity contribution >= 4 is 34.6 Å². The lowest BCUT2D eigenvalue weighted by Crippen LogP contribution is -2.47. The molecule has 5 rings (SSSR count). The number of rotatable bonds is 6. The van der Waals surface area contributed by atoms with Gasteiger partial charge in [-0.15, -0.1) is 0 Å². The molecule has 0 spiro atoms. The van der Waals surface area contributed by atoms with E-state index >= 15 is 0 Å². The van der Waals surface area contributed by atoms with Crippen molar-refractivity contribution in [2.75, 3.05) is 17.8 Å². The second kappa shape index (κ2) is 9.64. The van der Waals surface area contributed by atoms with E-state index in [2.05, 4.69) is 4.72 Å². The standard InChI is InChI=1S/C27H27N3O4S/c1-29-23-12-11-22(17-24(23)34-26(29)32)35-28-21-9-7-20(8-10-21)25(31)30-15-13-27(33,14-16-30)18-19-5-3-2-4-6-19/h2-12,17,28,33H,13-16,18H2,1H3. The van der Waals surface area contributed by atoms with E-state index in [0.717, 1.165) is 21.7 Å². The van der Waals surface area contributed by atoms with Crippen LogP contribution in [-0.2, 0) is 13.5 Å². The molecule has 1 aliphatic heterocycles. The Hall–Kier alpha value is -3.49. The SMILES string of the molecule is Cn1c(=O)oc2cc(SNc3ccc(C(=O)N4CCC(O)(Cc5ccccc5)CC4)cc3)ccc21. The molecule has 8 heteroatoms. The zero-order valence-corrected chi connectivity index (χ0v) is 20.3. The third kappa shape index (κ3) is 5.13. The molecule has 7 nitrogen and oxygen atoms in total. The number of hydrogen-bond acceptors (Lipinski definition) is 6. The topological polar surface area (TPSA) is 87.7 Å². The number of benzene rings is 3. The minimum atomic E-state index is -0.769. The number of amides is 1. The fourth-order valence-electron chi connectivity index (χ4n) is 4.44. The largest absolute Gasteiger partial charge is 0.419 e. The van der Waals surface area contributed by atoms with Gasteiger partial charge in [-0.05, 0) is 72.8 Å². The summed E-state index contributed by atoms with van der Waals surface area (Å²) >= 11 is 1.40. The second-order valence-electron chi connectivity index (χ2n) is 9.02. The van der Waals surface area contributed by atoms with Crippen molar-refractivity contribution in [3.8, 4) is 0 Å². The average molecular weight is 490 g/mol. The smallest absolute Gasteiger partial charge is 0.408 e. The van der Waals surface area contributed by atoms with Gasteiger partial charge in [0.15, 0.2) is 5.58 Å². The Balaban J connectivity index is 1.16.